The molecule has 20 heavy (non-hydrogen) atoms. The number of Topliss-reactive ketones (excluding diaryl/α,β-unsaturated/α-hetero) is 1. The van der Waals surface area contributed by atoms with E-state index in [1.54, 1.807) is 13.0 Å². The van der Waals surface area contributed by atoms with E-state index >= 15 is 0 Å². The zero-order valence-electron chi connectivity index (χ0n) is 13.7. The molecular weight excluding hydrogens is 250 g/mol. The number of hydrogen-bond donors (Lipinski definition) is 1. The van der Waals surface area contributed by atoms with Crippen LogP contribution in [0.15, 0.2) is 36.9 Å². The second-order valence-corrected chi connectivity index (χ2v) is 4.60. The van der Waals surface area contributed by atoms with Crippen molar-refractivity contribution in [1.29, 1.82) is 0 Å². The Morgan fingerprint density at radius 3 is 2.30 bits per heavy atom. The highest BCUT2D eigenvalue weighted by Gasteiger charge is 2.25. The number of hydrogen-bond acceptors (Lipinski definition) is 3. The third-order valence-corrected chi connectivity index (χ3v) is 2.78. The molecule has 0 amide bonds. The van der Waals surface area contributed by atoms with Crippen molar-refractivity contribution >= 4 is 5.78 Å². The third kappa shape index (κ3) is 7.22. The summed E-state index contributed by atoms with van der Waals surface area (Å²) in [5.41, 5.74) is 1.51. The summed E-state index contributed by atoms with van der Waals surface area (Å²) < 4.78 is 0. The number of nitrogens with two attached hydrogens (primary N) is 1. The van der Waals surface area contributed by atoms with Gasteiger partial charge in [0.1, 0.15) is 5.78 Å². The summed E-state index contributed by atoms with van der Waals surface area (Å²) in [7, 11) is 0. The Bertz CT molecular complexity index is 398. The standard InChI is InChI=1S/C12H17NO2.C3H6.C2H6/c1-9(14)12(2,3)11-6-4-5-10(7-11)8-15-13;1-3-2;1-2/h4-7H,8,13H2,1-3H3;3H,1H2,2H3;1-2H3. The molecule has 0 saturated carbocycles. The smallest absolute Gasteiger partial charge is 0.139 e. The number of allylic oxidation sites excluding steroid dienone is 1. The number of ketones is 1. The molecule has 0 aliphatic rings. The molecular formula is C17H29NO2. The monoisotopic (exact) mass is 279 g/mol. The second kappa shape index (κ2) is 11.4. The Morgan fingerprint density at radius 1 is 1.40 bits per heavy atom. The van der Waals surface area contributed by atoms with Crippen LogP contribution in [0, 0.1) is 0 Å². The van der Waals surface area contributed by atoms with Gasteiger partial charge in [0.15, 0.2) is 0 Å². The van der Waals surface area contributed by atoms with E-state index in [2.05, 4.69) is 11.4 Å². The first kappa shape index (κ1) is 20.9. The van der Waals surface area contributed by atoms with E-state index in [1.807, 2.05) is 58.9 Å². The Hall–Kier alpha value is -1.45. The molecule has 0 aromatic heterocycles. The van der Waals surface area contributed by atoms with Crippen molar-refractivity contribution in [3.63, 3.8) is 0 Å². The summed E-state index contributed by atoms with van der Waals surface area (Å²) in [5.74, 6) is 5.16. The first-order valence-corrected chi connectivity index (χ1v) is 6.89. The van der Waals surface area contributed by atoms with E-state index in [1.165, 1.54) is 0 Å². The van der Waals surface area contributed by atoms with E-state index < -0.39 is 5.41 Å². The van der Waals surface area contributed by atoms with Crippen LogP contribution in [0.1, 0.15) is 52.7 Å². The van der Waals surface area contributed by atoms with E-state index in [4.69, 9.17) is 5.90 Å². The summed E-state index contributed by atoms with van der Waals surface area (Å²) in [6.07, 6.45) is 1.75. The lowest BCUT2D eigenvalue weighted by molar-refractivity contribution is -0.121. The Labute approximate surface area is 123 Å². The number of rotatable bonds is 4. The number of carbonyl (C=O) groups excluding carboxylic acids is 1. The van der Waals surface area contributed by atoms with Crippen LogP contribution in [0.2, 0.25) is 0 Å². The van der Waals surface area contributed by atoms with Crippen molar-refractivity contribution < 1.29 is 9.63 Å². The average Bonchev–Trinajstić information content (AvgIpc) is 2.42. The average molecular weight is 279 g/mol. The molecule has 2 N–H and O–H groups in total. The number of carbonyl (C=O) groups is 1. The van der Waals surface area contributed by atoms with Crippen LogP contribution in [-0.2, 0) is 21.7 Å². The van der Waals surface area contributed by atoms with Gasteiger partial charge in [0.2, 0.25) is 0 Å². The van der Waals surface area contributed by atoms with Crippen LogP contribution in [0.3, 0.4) is 0 Å². The highest BCUT2D eigenvalue weighted by atomic mass is 16.6. The fourth-order valence-corrected chi connectivity index (χ4v) is 1.35. The summed E-state index contributed by atoms with van der Waals surface area (Å²) >= 11 is 0. The molecule has 1 rings (SSSR count). The quantitative estimate of drug-likeness (QED) is 0.665. The predicted octanol–water partition coefficient (Wildman–Crippen LogP) is 4.16. The van der Waals surface area contributed by atoms with Gasteiger partial charge in [-0.2, -0.15) is 0 Å². The van der Waals surface area contributed by atoms with Crippen LogP contribution >= 0.6 is 0 Å². The lowest BCUT2D eigenvalue weighted by Gasteiger charge is -2.22. The highest BCUT2D eigenvalue weighted by Crippen LogP contribution is 2.24. The lowest BCUT2D eigenvalue weighted by atomic mass is 9.81. The van der Waals surface area contributed by atoms with E-state index in [-0.39, 0.29) is 5.78 Å². The molecule has 0 bridgehead atoms. The van der Waals surface area contributed by atoms with Crippen LogP contribution in [0.25, 0.3) is 0 Å². The Morgan fingerprint density at radius 2 is 1.90 bits per heavy atom. The fraction of sp³-hybridized carbons (Fsp3) is 0.471. The fourth-order valence-electron chi connectivity index (χ4n) is 1.35. The van der Waals surface area contributed by atoms with Gasteiger partial charge in [0.25, 0.3) is 0 Å². The summed E-state index contributed by atoms with van der Waals surface area (Å²) in [4.78, 5) is 16.1. The van der Waals surface area contributed by atoms with Gasteiger partial charge in [-0.1, -0.05) is 44.2 Å². The molecule has 114 valence electrons. The van der Waals surface area contributed by atoms with Crippen molar-refractivity contribution in [3.8, 4) is 0 Å². The first-order chi connectivity index (χ1) is 9.39. The second-order valence-electron chi connectivity index (χ2n) is 4.60. The predicted molar refractivity (Wildman–Crippen MR) is 86.3 cm³/mol. The van der Waals surface area contributed by atoms with Crippen molar-refractivity contribution in [2.24, 2.45) is 5.90 Å². The van der Waals surface area contributed by atoms with Crippen LogP contribution in [0.4, 0.5) is 0 Å². The molecule has 3 nitrogen and oxygen atoms in total. The zero-order chi connectivity index (χ0) is 16.2. The minimum absolute atomic E-state index is 0.147. The minimum Gasteiger partial charge on any atom is -0.300 e. The molecule has 0 fully saturated rings. The normalized spacial score (nSPS) is 9.55. The van der Waals surface area contributed by atoms with Gasteiger partial charge >= 0.3 is 0 Å². The van der Waals surface area contributed by atoms with Crippen LogP contribution in [-0.4, -0.2) is 5.78 Å². The summed E-state index contributed by atoms with van der Waals surface area (Å²) in [5, 5.41) is 0. The van der Waals surface area contributed by atoms with Gasteiger partial charge in [-0.25, -0.2) is 5.90 Å². The molecule has 1 aromatic carbocycles. The van der Waals surface area contributed by atoms with E-state index in [9.17, 15) is 4.79 Å². The van der Waals surface area contributed by atoms with Crippen LogP contribution < -0.4 is 5.90 Å². The third-order valence-electron chi connectivity index (χ3n) is 2.78. The minimum atomic E-state index is -0.454. The van der Waals surface area contributed by atoms with Gasteiger partial charge in [-0.3, -0.25) is 9.63 Å². The molecule has 0 atom stereocenters. The van der Waals surface area contributed by atoms with Gasteiger partial charge in [-0.05, 0) is 38.8 Å². The molecule has 0 spiro atoms. The van der Waals surface area contributed by atoms with E-state index in [0.717, 1.165) is 11.1 Å². The highest BCUT2D eigenvalue weighted by molar-refractivity contribution is 5.87. The topological polar surface area (TPSA) is 52.3 Å². The molecule has 0 heterocycles. The molecule has 0 saturated heterocycles. The van der Waals surface area contributed by atoms with Gasteiger partial charge in [0, 0.05) is 5.41 Å². The summed E-state index contributed by atoms with van der Waals surface area (Å²) in [6.45, 7) is 15.0. The van der Waals surface area contributed by atoms with E-state index in [0.29, 0.717) is 6.61 Å². The van der Waals surface area contributed by atoms with Crippen molar-refractivity contribution in [2.45, 2.75) is 53.6 Å². The molecule has 0 aliphatic heterocycles. The maximum atomic E-state index is 11.5. The maximum absolute atomic E-state index is 11.5. The number of benzene rings is 1. The van der Waals surface area contributed by atoms with Gasteiger partial charge in [-0.15, -0.1) is 6.58 Å². The van der Waals surface area contributed by atoms with Crippen molar-refractivity contribution in [3.05, 3.63) is 48.0 Å². The molecule has 3 heteroatoms. The van der Waals surface area contributed by atoms with Gasteiger partial charge < -0.3 is 0 Å². The Kier molecular flexibility index (Phi) is 11.9. The summed E-state index contributed by atoms with van der Waals surface area (Å²) in [6, 6.07) is 7.73. The lowest BCUT2D eigenvalue weighted by Crippen LogP contribution is -2.26. The molecule has 1 aromatic rings. The Balaban J connectivity index is 0. The largest absolute Gasteiger partial charge is 0.300 e. The first-order valence-electron chi connectivity index (χ1n) is 6.89. The SMILES string of the molecule is C=CC.CC.CC(=O)C(C)(C)c1cccc(CON)c1. The van der Waals surface area contributed by atoms with Crippen LogP contribution in [0.5, 0.6) is 0 Å². The van der Waals surface area contributed by atoms with Crippen molar-refractivity contribution in [1.82, 2.24) is 0 Å². The molecule has 0 unspecified atom stereocenters. The maximum Gasteiger partial charge on any atom is 0.139 e. The van der Waals surface area contributed by atoms with Crippen molar-refractivity contribution in [2.75, 3.05) is 0 Å². The molecule has 0 aliphatic carbocycles. The zero-order valence-corrected chi connectivity index (χ0v) is 13.7. The molecule has 0 radical (unpaired) electrons. The van der Waals surface area contributed by atoms with Gasteiger partial charge in [0.05, 0.1) is 6.61 Å².